The summed E-state index contributed by atoms with van der Waals surface area (Å²) in [6, 6.07) is 13.2. The molecule has 0 saturated carbocycles. The maximum Gasteiger partial charge on any atom is 0.274 e. The van der Waals surface area contributed by atoms with E-state index < -0.39 is 0 Å². The third kappa shape index (κ3) is 2.27. The lowest BCUT2D eigenvalue weighted by atomic mass is 9.77. The van der Waals surface area contributed by atoms with E-state index in [2.05, 4.69) is 39.5 Å². The van der Waals surface area contributed by atoms with Crippen LogP contribution in [0.25, 0.3) is 0 Å². The number of fused-ring (bicyclic) bond motifs is 3. The van der Waals surface area contributed by atoms with E-state index in [-0.39, 0.29) is 16.7 Å². The van der Waals surface area contributed by atoms with Crippen molar-refractivity contribution < 1.29 is 4.92 Å². The molecule has 0 unspecified atom stereocenters. The molecule has 1 aliphatic heterocycles. The van der Waals surface area contributed by atoms with Crippen LogP contribution < -0.4 is 5.32 Å². The summed E-state index contributed by atoms with van der Waals surface area (Å²) in [6.07, 6.45) is 5.35. The molecule has 0 bridgehead atoms. The van der Waals surface area contributed by atoms with Gasteiger partial charge in [-0.1, -0.05) is 42.5 Å². The fraction of sp³-hybridized carbons (Fsp3) is 0.222. The highest BCUT2D eigenvalue weighted by Gasteiger charge is 2.40. The SMILES string of the molecule is O=[N+]([O-])c1ccccc1[C@H]1Nc2c(Br)cccc2[C@H]2C=CC[C@@H]21. The molecule has 2 aromatic rings. The Morgan fingerprint density at radius 1 is 1.13 bits per heavy atom. The topological polar surface area (TPSA) is 55.2 Å². The number of hydrogen-bond acceptors (Lipinski definition) is 3. The van der Waals surface area contributed by atoms with Crippen molar-refractivity contribution in [1.29, 1.82) is 0 Å². The molecule has 0 fully saturated rings. The first-order valence-corrected chi connectivity index (χ1v) is 8.41. The molecule has 5 heteroatoms. The highest BCUT2D eigenvalue weighted by atomic mass is 79.9. The van der Waals surface area contributed by atoms with E-state index in [9.17, 15) is 10.1 Å². The normalized spacial score (nSPS) is 24.7. The van der Waals surface area contributed by atoms with Gasteiger partial charge >= 0.3 is 0 Å². The van der Waals surface area contributed by atoms with E-state index in [1.165, 1.54) is 5.56 Å². The van der Waals surface area contributed by atoms with Gasteiger partial charge in [-0.2, -0.15) is 0 Å². The Hall–Kier alpha value is -2.14. The average Bonchev–Trinajstić information content (AvgIpc) is 3.04. The largest absolute Gasteiger partial charge is 0.376 e. The van der Waals surface area contributed by atoms with Gasteiger partial charge in [0.2, 0.25) is 0 Å². The minimum Gasteiger partial charge on any atom is -0.376 e. The maximum atomic E-state index is 11.4. The summed E-state index contributed by atoms with van der Waals surface area (Å²) >= 11 is 3.61. The zero-order chi connectivity index (χ0) is 16.0. The van der Waals surface area contributed by atoms with E-state index in [0.717, 1.165) is 22.1 Å². The Morgan fingerprint density at radius 2 is 1.91 bits per heavy atom. The van der Waals surface area contributed by atoms with Gasteiger partial charge in [0.25, 0.3) is 5.69 Å². The van der Waals surface area contributed by atoms with Crippen molar-refractivity contribution in [2.24, 2.45) is 5.92 Å². The minimum atomic E-state index is -0.288. The van der Waals surface area contributed by atoms with Crippen LogP contribution >= 0.6 is 15.9 Å². The summed E-state index contributed by atoms with van der Waals surface area (Å²) in [6.45, 7) is 0. The van der Waals surface area contributed by atoms with E-state index in [1.54, 1.807) is 12.1 Å². The molecule has 116 valence electrons. The maximum absolute atomic E-state index is 11.4. The molecule has 0 amide bonds. The second kappa shape index (κ2) is 5.49. The molecule has 1 N–H and O–H groups in total. The average molecular weight is 371 g/mol. The Labute approximate surface area is 142 Å². The molecule has 0 radical (unpaired) electrons. The van der Waals surface area contributed by atoms with Crippen molar-refractivity contribution in [3.63, 3.8) is 0 Å². The summed E-state index contributed by atoms with van der Waals surface area (Å²) in [4.78, 5) is 11.1. The van der Waals surface area contributed by atoms with E-state index >= 15 is 0 Å². The molecule has 4 nitrogen and oxygen atoms in total. The van der Waals surface area contributed by atoms with Gasteiger partial charge < -0.3 is 5.32 Å². The zero-order valence-electron chi connectivity index (χ0n) is 12.3. The number of anilines is 1. The first kappa shape index (κ1) is 14.5. The van der Waals surface area contributed by atoms with Crippen LogP contribution in [0, 0.1) is 16.0 Å². The van der Waals surface area contributed by atoms with E-state index in [0.29, 0.717) is 11.8 Å². The number of halogens is 1. The smallest absolute Gasteiger partial charge is 0.274 e. The number of nitrogens with zero attached hydrogens (tertiary/aromatic N) is 1. The Balaban J connectivity index is 1.86. The van der Waals surface area contributed by atoms with Gasteiger partial charge in [0.15, 0.2) is 0 Å². The Morgan fingerprint density at radius 3 is 2.74 bits per heavy atom. The number of rotatable bonds is 2. The number of hydrogen-bond donors (Lipinski definition) is 1. The number of allylic oxidation sites excluding steroid dienone is 2. The van der Waals surface area contributed by atoms with Gasteiger partial charge in [-0.05, 0) is 39.9 Å². The van der Waals surface area contributed by atoms with Crippen LogP contribution in [-0.2, 0) is 0 Å². The first-order chi connectivity index (χ1) is 11.2. The highest BCUT2D eigenvalue weighted by Crippen LogP contribution is 2.52. The molecular weight excluding hydrogens is 356 g/mol. The van der Waals surface area contributed by atoms with Gasteiger partial charge in [-0.3, -0.25) is 10.1 Å². The predicted octanol–water partition coefficient (Wildman–Crippen LogP) is 5.18. The number of benzene rings is 2. The second-order valence-electron chi connectivity index (χ2n) is 6.00. The molecule has 0 aromatic heterocycles. The number of para-hydroxylation sites is 2. The zero-order valence-corrected chi connectivity index (χ0v) is 13.9. The molecule has 1 aliphatic carbocycles. The monoisotopic (exact) mass is 370 g/mol. The molecule has 2 aliphatic rings. The predicted molar refractivity (Wildman–Crippen MR) is 93.6 cm³/mol. The number of nitrogens with one attached hydrogen (secondary N) is 1. The molecule has 23 heavy (non-hydrogen) atoms. The van der Waals surface area contributed by atoms with Crippen molar-refractivity contribution in [2.75, 3.05) is 5.32 Å². The quantitative estimate of drug-likeness (QED) is 0.449. The van der Waals surface area contributed by atoms with Gasteiger partial charge in [0.1, 0.15) is 0 Å². The highest BCUT2D eigenvalue weighted by molar-refractivity contribution is 9.10. The third-order valence-electron chi connectivity index (χ3n) is 4.81. The van der Waals surface area contributed by atoms with Crippen molar-refractivity contribution in [1.82, 2.24) is 0 Å². The second-order valence-corrected chi connectivity index (χ2v) is 6.85. The molecular formula is C18H15BrN2O2. The van der Waals surface area contributed by atoms with Crippen LogP contribution in [0.1, 0.15) is 29.5 Å². The number of nitro benzene ring substituents is 1. The molecule has 0 spiro atoms. The van der Waals surface area contributed by atoms with Crippen LogP contribution in [0.5, 0.6) is 0 Å². The standard InChI is InChI=1S/C18H15BrN2O2/c19-15-9-4-8-13-11-6-3-7-12(11)17(20-18(13)15)14-5-1-2-10-16(14)21(22)23/h1-6,8-12,17,20H,7H2/t11-,12-,17-/m0/s1. The van der Waals surface area contributed by atoms with E-state index in [4.69, 9.17) is 0 Å². The lowest BCUT2D eigenvalue weighted by Crippen LogP contribution is -2.29. The van der Waals surface area contributed by atoms with Crippen LogP contribution in [-0.4, -0.2) is 4.92 Å². The first-order valence-electron chi connectivity index (χ1n) is 7.61. The molecule has 0 saturated heterocycles. The lowest BCUT2D eigenvalue weighted by Gasteiger charge is -2.37. The van der Waals surface area contributed by atoms with Crippen molar-refractivity contribution in [2.45, 2.75) is 18.4 Å². The summed E-state index contributed by atoms with van der Waals surface area (Å²) in [5.74, 6) is 0.603. The van der Waals surface area contributed by atoms with Crippen LogP contribution in [0.15, 0.2) is 59.1 Å². The third-order valence-corrected chi connectivity index (χ3v) is 5.48. The Bertz CT molecular complexity index is 818. The molecule has 3 atom stereocenters. The van der Waals surface area contributed by atoms with Crippen LogP contribution in [0.4, 0.5) is 11.4 Å². The summed E-state index contributed by atoms with van der Waals surface area (Å²) in [5, 5.41) is 15.0. The fourth-order valence-corrected chi connectivity index (χ4v) is 4.30. The fourth-order valence-electron chi connectivity index (χ4n) is 3.81. The summed E-state index contributed by atoms with van der Waals surface area (Å²) in [5.41, 5.74) is 3.25. The van der Waals surface area contributed by atoms with Crippen LogP contribution in [0.2, 0.25) is 0 Å². The molecule has 2 aromatic carbocycles. The molecule has 4 rings (SSSR count). The van der Waals surface area contributed by atoms with Crippen molar-refractivity contribution >= 4 is 27.3 Å². The van der Waals surface area contributed by atoms with Gasteiger partial charge in [0, 0.05) is 16.5 Å². The number of nitro groups is 1. The van der Waals surface area contributed by atoms with Gasteiger partial charge in [-0.15, -0.1) is 0 Å². The van der Waals surface area contributed by atoms with Crippen molar-refractivity contribution in [3.8, 4) is 0 Å². The van der Waals surface area contributed by atoms with Gasteiger partial charge in [0.05, 0.1) is 22.2 Å². The summed E-state index contributed by atoms with van der Waals surface area (Å²) < 4.78 is 0.998. The summed E-state index contributed by atoms with van der Waals surface area (Å²) in [7, 11) is 0. The minimum absolute atomic E-state index is 0.0669. The lowest BCUT2D eigenvalue weighted by molar-refractivity contribution is -0.385. The molecule has 1 heterocycles. The van der Waals surface area contributed by atoms with Gasteiger partial charge in [-0.25, -0.2) is 0 Å². The van der Waals surface area contributed by atoms with Crippen molar-refractivity contribution in [3.05, 3.63) is 80.3 Å². The Kier molecular flexibility index (Phi) is 3.45. The van der Waals surface area contributed by atoms with Crippen LogP contribution in [0.3, 0.4) is 0 Å². The van der Waals surface area contributed by atoms with E-state index in [1.807, 2.05) is 24.3 Å².